The molecule has 0 N–H and O–H groups in total. The minimum Gasteiger partial charge on any atom is -0.281 e. The zero-order valence-corrected chi connectivity index (χ0v) is 10.7. The molecule has 0 aliphatic heterocycles. The Hall–Kier alpha value is -0.0400. The van der Waals surface area contributed by atoms with Gasteiger partial charge in [-0.2, -0.15) is 0 Å². The third-order valence-corrected chi connectivity index (χ3v) is 4.84. The summed E-state index contributed by atoms with van der Waals surface area (Å²) in [7, 11) is 0. The van der Waals surface area contributed by atoms with Crippen molar-refractivity contribution in [3.63, 3.8) is 0 Å². The highest BCUT2D eigenvalue weighted by atomic mass is 35.5. The van der Waals surface area contributed by atoms with Gasteiger partial charge in [0.2, 0.25) is 5.24 Å². The van der Waals surface area contributed by atoms with Gasteiger partial charge in [-0.3, -0.25) is 4.79 Å². The molecule has 2 unspecified atom stereocenters. The molecule has 2 fully saturated rings. The van der Waals surface area contributed by atoms with E-state index in [2.05, 4.69) is 20.8 Å². The highest BCUT2D eigenvalue weighted by Gasteiger charge is 2.53. The number of halogens is 1. The highest BCUT2D eigenvalue weighted by Crippen LogP contribution is 2.60. The molecule has 0 aromatic carbocycles. The predicted molar refractivity (Wildman–Crippen MR) is 62.7 cm³/mol. The van der Waals surface area contributed by atoms with Gasteiger partial charge in [0.1, 0.15) is 0 Å². The van der Waals surface area contributed by atoms with Crippen molar-refractivity contribution in [2.45, 2.75) is 46.5 Å². The van der Waals surface area contributed by atoms with E-state index in [0.717, 1.165) is 12.3 Å². The molecule has 0 aromatic heterocycles. The Balaban J connectivity index is 2.06. The first kappa shape index (κ1) is 11.4. The van der Waals surface area contributed by atoms with Crippen LogP contribution in [-0.2, 0) is 4.79 Å². The number of carbonyl (C=O) groups excluding carboxylic acids is 1. The highest BCUT2D eigenvalue weighted by molar-refractivity contribution is 6.64. The fourth-order valence-electron chi connectivity index (χ4n) is 3.39. The molecule has 0 amide bonds. The van der Waals surface area contributed by atoms with Crippen LogP contribution >= 0.6 is 11.6 Å². The van der Waals surface area contributed by atoms with Crippen molar-refractivity contribution in [1.29, 1.82) is 0 Å². The molecular weight excluding hydrogens is 208 g/mol. The van der Waals surface area contributed by atoms with Crippen LogP contribution in [0.2, 0.25) is 0 Å². The monoisotopic (exact) mass is 228 g/mol. The standard InChI is InChI=1S/C13H21ClO/c1-8-4-5-9(10(6-8)12(14)15)11-7-13(11,2)3/h8-11H,4-7H2,1-3H3/t8-,9?,10-,11?/m1/s1. The van der Waals surface area contributed by atoms with E-state index < -0.39 is 0 Å². The molecule has 86 valence electrons. The van der Waals surface area contributed by atoms with Crippen molar-refractivity contribution in [2.24, 2.45) is 29.1 Å². The van der Waals surface area contributed by atoms with E-state index in [1.165, 1.54) is 19.3 Å². The zero-order valence-electron chi connectivity index (χ0n) is 9.92. The van der Waals surface area contributed by atoms with Crippen LogP contribution in [0.15, 0.2) is 0 Å². The second kappa shape index (κ2) is 3.76. The van der Waals surface area contributed by atoms with Crippen molar-refractivity contribution in [2.75, 3.05) is 0 Å². The van der Waals surface area contributed by atoms with Gasteiger partial charge in [0.25, 0.3) is 0 Å². The second-order valence-electron chi connectivity index (χ2n) is 6.29. The summed E-state index contributed by atoms with van der Waals surface area (Å²) in [6.07, 6.45) is 4.78. The molecule has 2 aliphatic carbocycles. The minimum atomic E-state index is -0.0887. The average Bonchev–Trinajstić information content (AvgIpc) is 2.74. The summed E-state index contributed by atoms with van der Waals surface area (Å²) < 4.78 is 0. The Morgan fingerprint density at radius 1 is 1.33 bits per heavy atom. The molecule has 0 spiro atoms. The van der Waals surface area contributed by atoms with Gasteiger partial charge in [-0.05, 0) is 54.0 Å². The topological polar surface area (TPSA) is 17.1 Å². The average molecular weight is 229 g/mol. The second-order valence-corrected chi connectivity index (χ2v) is 6.66. The lowest BCUT2D eigenvalue weighted by Gasteiger charge is -2.33. The molecule has 1 nitrogen and oxygen atoms in total. The normalized spacial score (nSPS) is 43.7. The smallest absolute Gasteiger partial charge is 0.225 e. The van der Waals surface area contributed by atoms with Crippen LogP contribution in [0.3, 0.4) is 0 Å². The molecule has 2 aliphatic rings. The molecule has 0 heterocycles. The molecule has 2 rings (SSSR count). The number of hydrogen-bond donors (Lipinski definition) is 0. The van der Waals surface area contributed by atoms with Crippen LogP contribution in [0.4, 0.5) is 0 Å². The summed E-state index contributed by atoms with van der Waals surface area (Å²) in [5.74, 6) is 2.14. The summed E-state index contributed by atoms with van der Waals surface area (Å²) in [5, 5.41) is -0.0887. The lowest BCUT2D eigenvalue weighted by molar-refractivity contribution is -0.118. The van der Waals surface area contributed by atoms with Crippen LogP contribution in [0, 0.1) is 29.1 Å². The van der Waals surface area contributed by atoms with E-state index in [-0.39, 0.29) is 11.2 Å². The molecule has 0 aromatic rings. The van der Waals surface area contributed by atoms with Crippen molar-refractivity contribution >= 4 is 16.8 Å². The third-order valence-electron chi connectivity index (χ3n) is 4.56. The van der Waals surface area contributed by atoms with Crippen molar-refractivity contribution < 1.29 is 4.79 Å². The van der Waals surface area contributed by atoms with E-state index in [1.807, 2.05) is 0 Å². The van der Waals surface area contributed by atoms with Crippen molar-refractivity contribution in [1.82, 2.24) is 0 Å². The molecule has 15 heavy (non-hydrogen) atoms. The Labute approximate surface area is 97.6 Å². The first-order valence-electron chi connectivity index (χ1n) is 6.11. The number of carbonyl (C=O) groups is 1. The lowest BCUT2D eigenvalue weighted by atomic mass is 9.72. The summed E-state index contributed by atoms with van der Waals surface area (Å²) in [5.41, 5.74) is 0.468. The molecule has 0 radical (unpaired) electrons. The minimum absolute atomic E-state index is 0.0887. The van der Waals surface area contributed by atoms with Crippen LogP contribution in [0.1, 0.15) is 46.5 Å². The van der Waals surface area contributed by atoms with E-state index in [1.54, 1.807) is 0 Å². The van der Waals surface area contributed by atoms with Gasteiger partial charge in [0.05, 0.1) is 0 Å². The summed E-state index contributed by atoms with van der Waals surface area (Å²) in [6.45, 7) is 6.86. The van der Waals surface area contributed by atoms with Crippen molar-refractivity contribution in [3.8, 4) is 0 Å². The molecular formula is C13H21ClO. The molecule has 2 heteroatoms. The van der Waals surface area contributed by atoms with Crippen LogP contribution in [0.5, 0.6) is 0 Å². The van der Waals surface area contributed by atoms with Gasteiger partial charge in [0.15, 0.2) is 0 Å². The Bertz CT molecular complexity index is 272. The number of rotatable bonds is 2. The van der Waals surface area contributed by atoms with E-state index >= 15 is 0 Å². The third kappa shape index (κ3) is 2.22. The number of hydrogen-bond acceptors (Lipinski definition) is 1. The first-order valence-corrected chi connectivity index (χ1v) is 6.49. The maximum Gasteiger partial charge on any atom is 0.225 e. The molecule has 0 bridgehead atoms. The maximum atomic E-state index is 11.5. The largest absolute Gasteiger partial charge is 0.281 e. The van der Waals surface area contributed by atoms with Gasteiger partial charge in [-0.25, -0.2) is 0 Å². The molecule has 2 saturated carbocycles. The van der Waals surface area contributed by atoms with Gasteiger partial charge < -0.3 is 0 Å². The Kier molecular flexibility index (Phi) is 2.87. The van der Waals surface area contributed by atoms with Crippen LogP contribution < -0.4 is 0 Å². The fourth-order valence-corrected chi connectivity index (χ4v) is 3.64. The quantitative estimate of drug-likeness (QED) is 0.657. The predicted octanol–water partition coefficient (Wildman–Crippen LogP) is 3.85. The maximum absolute atomic E-state index is 11.5. The van der Waals surface area contributed by atoms with Crippen molar-refractivity contribution in [3.05, 3.63) is 0 Å². The van der Waals surface area contributed by atoms with Crippen LogP contribution in [-0.4, -0.2) is 5.24 Å². The van der Waals surface area contributed by atoms with Gasteiger partial charge >= 0.3 is 0 Å². The Morgan fingerprint density at radius 3 is 2.40 bits per heavy atom. The summed E-state index contributed by atoms with van der Waals surface area (Å²) >= 11 is 5.74. The van der Waals surface area contributed by atoms with Gasteiger partial charge in [-0.15, -0.1) is 0 Å². The van der Waals surface area contributed by atoms with Crippen LogP contribution in [0.25, 0.3) is 0 Å². The van der Waals surface area contributed by atoms with Gasteiger partial charge in [-0.1, -0.05) is 27.2 Å². The van der Waals surface area contributed by atoms with E-state index in [9.17, 15) is 4.79 Å². The van der Waals surface area contributed by atoms with E-state index in [0.29, 0.717) is 17.3 Å². The summed E-state index contributed by atoms with van der Waals surface area (Å²) in [6, 6.07) is 0. The zero-order chi connectivity index (χ0) is 11.2. The first-order chi connectivity index (χ1) is 6.92. The van der Waals surface area contributed by atoms with E-state index in [4.69, 9.17) is 11.6 Å². The summed E-state index contributed by atoms with van der Waals surface area (Å²) in [4.78, 5) is 11.5. The molecule has 4 atom stereocenters. The SMILES string of the molecule is C[C@@H]1CCC(C2CC2(C)C)[C@H](C(=O)Cl)C1. The fraction of sp³-hybridized carbons (Fsp3) is 0.923. The molecule has 0 saturated heterocycles. The Morgan fingerprint density at radius 2 is 1.93 bits per heavy atom. The lowest BCUT2D eigenvalue weighted by Crippen LogP contribution is -2.30. The van der Waals surface area contributed by atoms with Gasteiger partial charge in [0, 0.05) is 5.92 Å².